The van der Waals surface area contributed by atoms with Gasteiger partial charge in [-0.1, -0.05) is 12.1 Å². The van der Waals surface area contributed by atoms with Crippen LogP contribution in [0.4, 0.5) is 10.1 Å². The molecule has 0 spiro atoms. The van der Waals surface area contributed by atoms with Crippen LogP contribution in [0.3, 0.4) is 0 Å². The summed E-state index contributed by atoms with van der Waals surface area (Å²) in [4.78, 5) is 28.6. The number of rotatable bonds is 7. The van der Waals surface area contributed by atoms with Crippen molar-refractivity contribution in [1.82, 2.24) is 15.1 Å². The van der Waals surface area contributed by atoms with Crippen LogP contribution in [-0.4, -0.2) is 80.1 Å². The lowest BCUT2D eigenvalue weighted by atomic mass is 10.2. The summed E-state index contributed by atoms with van der Waals surface area (Å²) in [6.45, 7) is 4.15. The fourth-order valence-corrected chi connectivity index (χ4v) is 3.69. The van der Waals surface area contributed by atoms with Gasteiger partial charge in [-0.2, -0.15) is 0 Å². The lowest BCUT2D eigenvalue weighted by Crippen LogP contribution is -2.51. The highest BCUT2D eigenvalue weighted by Gasteiger charge is 2.23. The molecule has 2 aliphatic rings. The summed E-state index contributed by atoms with van der Waals surface area (Å²) in [5.74, 6) is 0.874. The minimum atomic E-state index is -0.340. The Balaban J connectivity index is 1.12. The number of hydrogen-bond donors (Lipinski definition) is 2. The van der Waals surface area contributed by atoms with Crippen LogP contribution >= 0.6 is 0 Å². The van der Waals surface area contributed by atoms with Gasteiger partial charge in [0.25, 0.3) is 0 Å². The Hall–Kier alpha value is -3.17. The molecule has 9 heteroatoms. The first-order valence-corrected chi connectivity index (χ1v) is 10.7. The molecule has 0 unspecified atom stereocenters. The number of carbonyl (C=O) groups is 2. The Bertz CT molecular complexity index is 932. The normalized spacial score (nSPS) is 18.7. The maximum Gasteiger partial charge on any atom is 0.238 e. The molecule has 2 N–H and O–H groups in total. The molecule has 2 aromatic rings. The van der Waals surface area contributed by atoms with Gasteiger partial charge in [-0.05, 0) is 36.4 Å². The largest absolute Gasteiger partial charge is 0.486 e. The van der Waals surface area contributed by atoms with E-state index in [9.17, 15) is 14.0 Å². The summed E-state index contributed by atoms with van der Waals surface area (Å²) in [7, 11) is 0. The molecule has 2 aliphatic heterocycles. The molecule has 0 aromatic heterocycles. The molecular formula is C23H27FN4O4. The topological polar surface area (TPSA) is 83.1 Å². The van der Waals surface area contributed by atoms with Crippen molar-refractivity contribution in [2.75, 3.05) is 57.7 Å². The summed E-state index contributed by atoms with van der Waals surface area (Å²) in [5, 5.41) is 5.68. The number of fused-ring (bicyclic) bond motifs is 1. The van der Waals surface area contributed by atoms with Crippen LogP contribution in [0.5, 0.6) is 11.5 Å². The predicted molar refractivity (Wildman–Crippen MR) is 117 cm³/mol. The van der Waals surface area contributed by atoms with Crippen LogP contribution in [0.15, 0.2) is 48.5 Å². The predicted octanol–water partition coefficient (Wildman–Crippen LogP) is 1.34. The van der Waals surface area contributed by atoms with E-state index in [0.717, 1.165) is 5.75 Å². The Kier molecular flexibility index (Phi) is 7.18. The number of hydrogen-bond acceptors (Lipinski definition) is 6. The molecule has 32 heavy (non-hydrogen) atoms. The van der Waals surface area contributed by atoms with Crippen LogP contribution in [0.25, 0.3) is 0 Å². The second kappa shape index (κ2) is 10.4. The maximum absolute atomic E-state index is 13.0. The van der Waals surface area contributed by atoms with Crippen LogP contribution in [0, 0.1) is 5.82 Å². The minimum Gasteiger partial charge on any atom is -0.486 e. The van der Waals surface area contributed by atoms with E-state index < -0.39 is 0 Å². The van der Waals surface area contributed by atoms with Gasteiger partial charge < -0.3 is 20.1 Å². The van der Waals surface area contributed by atoms with Crippen molar-refractivity contribution >= 4 is 17.5 Å². The Morgan fingerprint density at radius 2 is 1.53 bits per heavy atom. The van der Waals surface area contributed by atoms with Gasteiger partial charge in [-0.3, -0.25) is 19.4 Å². The van der Waals surface area contributed by atoms with Gasteiger partial charge in [-0.15, -0.1) is 0 Å². The van der Waals surface area contributed by atoms with Crippen LogP contribution < -0.4 is 20.1 Å². The molecule has 0 aliphatic carbocycles. The maximum atomic E-state index is 13.0. The number of piperazine rings is 1. The summed E-state index contributed by atoms with van der Waals surface area (Å²) in [6, 6.07) is 13.2. The van der Waals surface area contributed by atoms with Crippen molar-refractivity contribution < 1.29 is 23.5 Å². The van der Waals surface area contributed by atoms with Gasteiger partial charge in [-0.25, -0.2) is 4.39 Å². The van der Waals surface area contributed by atoms with E-state index in [1.807, 2.05) is 29.2 Å². The number of amides is 2. The van der Waals surface area contributed by atoms with E-state index in [1.165, 1.54) is 24.3 Å². The molecule has 2 aromatic carbocycles. The Morgan fingerprint density at radius 3 is 2.22 bits per heavy atom. The summed E-state index contributed by atoms with van der Waals surface area (Å²) in [5.41, 5.74) is 0.572. The average Bonchev–Trinajstić information content (AvgIpc) is 2.80. The third kappa shape index (κ3) is 6.18. The van der Waals surface area contributed by atoms with Crippen LogP contribution in [0.2, 0.25) is 0 Å². The molecule has 1 saturated heterocycles. The van der Waals surface area contributed by atoms with Crippen LogP contribution in [-0.2, 0) is 9.59 Å². The average molecular weight is 442 g/mol. The first-order valence-electron chi connectivity index (χ1n) is 10.7. The molecule has 2 heterocycles. The molecule has 0 radical (unpaired) electrons. The monoisotopic (exact) mass is 442 g/mol. The smallest absolute Gasteiger partial charge is 0.238 e. The molecule has 4 rings (SSSR count). The zero-order valence-corrected chi connectivity index (χ0v) is 17.8. The number of para-hydroxylation sites is 2. The SMILES string of the molecule is O=C(CN1CCN(CC(=O)Nc2ccc(F)cc2)CC1)NC[C@@H]1COc2ccccc2O1. The third-order valence-corrected chi connectivity index (χ3v) is 5.42. The van der Waals surface area contributed by atoms with E-state index in [4.69, 9.17) is 9.47 Å². The summed E-state index contributed by atoms with van der Waals surface area (Å²) in [6.07, 6.45) is -0.217. The van der Waals surface area contributed by atoms with Crippen molar-refractivity contribution in [3.8, 4) is 11.5 Å². The van der Waals surface area contributed by atoms with Gasteiger partial charge in [0.05, 0.1) is 19.6 Å². The Morgan fingerprint density at radius 1 is 0.906 bits per heavy atom. The highest BCUT2D eigenvalue weighted by Crippen LogP contribution is 2.30. The van der Waals surface area contributed by atoms with Crippen molar-refractivity contribution in [3.05, 3.63) is 54.3 Å². The van der Waals surface area contributed by atoms with Crippen molar-refractivity contribution in [2.45, 2.75) is 6.10 Å². The molecule has 0 saturated carbocycles. The van der Waals surface area contributed by atoms with E-state index in [1.54, 1.807) is 0 Å². The first kappa shape index (κ1) is 22.0. The van der Waals surface area contributed by atoms with Crippen LogP contribution in [0.1, 0.15) is 0 Å². The molecule has 8 nitrogen and oxygen atoms in total. The number of ether oxygens (including phenoxy) is 2. The van der Waals surface area contributed by atoms with E-state index >= 15 is 0 Å². The number of nitrogens with one attached hydrogen (secondary N) is 2. The van der Waals surface area contributed by atoms with Gasteiger partial charge in [0.2, 0.25) is 11.8 Å². The second-order valence-corrected chi connectivity index (χ2v) is 7.91. The third-order valence-electron chi connectivity index (χ3n) is 5.42. The van der Waals surface area contributed by atoms with Crippen molar-refractivity contribution in [2.24, 2.45) is 0 Å². The lowest BCUT2D eigenvalue weighted by molar-refractivity contribution is -0.124. The number of anilines is 1. The Labute approximate surface area is 186 Å². The second-order valence-electron chi connectivity index (χ2n) is 7.91. The van der Waals surface area contributed by atoms with E-state index in [0.29, 0.717) is 57.3 Å². The molecule has 1 fully saturated rings. The van der Waals surface area contributed by atoms with Gasteiger partial charge in [0.15, 0.2) is 11.5 Å². The molecule has 170 valence electrons. The number of halogens is 1. The van der Waals surface area contributed by atoms with E-state index in [-0.39, 0.29) is 30.3 Å². The van der Waals surface area contributed by atoms with Crippen molar-refractivity contribution in [1.29, 1.82) is 0 Å². The number of nitrogens with zero attached hydrogens (tertiary/aromatic N) is 2. The molecular weight excluding hydrogens is 415 g/mol. The summed E-state index contributed by atoms with van der Waals surface area (Å²) >= 11 is 0. The first-order chi connectivity index (χ1) is 15.5. The van der Waals surface area contributed by atoms with Gasteiger partial charge in [0.1, 0.15) is 18.5 Å². The molecule has 0 bridgehead atoms. The number of benzene rings is 2. The summed E-state index contributed by atoms with van der Waals surface area (Å²) < 4.78 is 24.5. The van der Waals surface area contributed by atoms with E-state index in [2.05, 4.69) is 15.5 Å². The lowest BCUT2D eigenvalue weighted by Gasteiger charge is -2.34. The van der Waals surface area contributed by atoms with Crippen molar-refractivity contribution in [3.63, 3.8) is 0 Å². The highest BCUT2D eigenvalue weighted by atomic mass is 19.1. The zero-order chi connectivity index (χ0) is 22.3. The quantitative estimate of drug-likeness (QED) is 0.674. The minimum absolute atomic E-state index is 0.0602. The highest BCUT2D eigenvalue weighted by molar-refractivity contribution is 5.92. The molecule has 2 amide bonds. The standard InChI is InChI=1S/C23H27FN4O4/c24-17-5-7-18(8-6-17)26-23(30)15-28-11-9-27(10-12-28)14-22(29)25-13-19-16-31-20-3-1-2-4-21(20)32-19/h1-8,19H,9-16H2,(H,25,29)(H,26,30)/t19-/m1/s1. The number of carbonyl (C=O) groups excluding carboxylic acids is 2. The zero-order valence-electron chi connectivity index (χ0n) is 17.8. The fraction of sp³-hybridized carbons (Fsp3) is 0.391. The fourth-order valence-electron chi connectivity index (χ4n) is 3.69. The van der Waals surface area contributed by atoms with Gasteiger partial charge >= 0.3 is 0 Å². The molecule has 1 atom stereocenters. The van der Waals surface area contributed by atoms with Gasteiger partial charge in [0, 0.05) is 31.9 Å².